The van der Waals surface area contributed by atoms with Gasteiger partial charge < -0.3 is 15.1 Å². The quantitative estimate of drug-likeness (QED) is 0.422. The van der Waals surface area contributed by atoms with E-state index in [1.807, 2.05) is 6.07 Å². The summed E-state index contributed by atoms with van der Waals surface area (Å²) < 4.78 is 59.4. The number of nitrogens with two attached hydrogens (primary N) is 1. The molecule has 5 rings (SSSR count). The highest BCUT2D eigenvalue weighted by molar-refractivity contribution is 5.99. The smallest absolute Gasteiger partial charge is 0.416 e. The molecule has 0 aliphatic carbocycles. The number of anilines is 3. The summed E-state index contributed by atoms with van der Waals surface area (Å²) in [4.78, 5) is 21.9. The lowest BCUT2D eigenvalue weighted by molar-refractivity contribution is -0.137. The zero-order chi connectivity index (χ0) is 23.5. The van der Waals surface area contributed by atoms with Crippen molar-refractivity contribution < 1.29 is 26.8 Å². The SMILES string of the molecule is CC(=O)C1Cc2cc(-c3coc4ncnc(N)c34)ccc2N1c1cc(F)cc(C(F)(F)F)c1. The molecule has 168 valence electrons. The Bertz CT molecular complexity index is 1410. The van der Waals surface area contributed by atoms with Crippen molar-refractivity contribution in [3.63, 3.8) is 0 Å². The molecule has 6 nitrogen and oxygen atoms in total. The molecule has 0 saturated heterocycles. The van der Waals surface area contributed by atoms with E-state index in [0.717, 1.165) is 17.7 Å². The van der Waals surface area contributed by atoms with Crippen LogP contribution in [0.25, 0.3) is 22.2 Å². The Morgan fingerprint density at radius 2 is 1.97 bits per heavy atom. The minimum absolute atomic E-state index is 0.0413. The molecule has 2 N–H and O–H groups in total. The first kappa shape index (κ1) is 20.9. The van der Waals surface area contributed by atoms with Crippen molar-refractivity contribution in [2.24, 2.45) is 0 Å². The molecule has 4 aromatic rings. The predicted octanol–water partition coefficient (Wildman–Crippen LogP) is 5.28. The Morgan fingerprint density at radius 1 is 1.18 bits per heavy atom. The van der Waals surface area contributed by atoms with Crippen molar-refractivity contribution in [2.45, 2.75) is 25.6 Å². The van der Waals surface area contributed by atoms with Crippen LogP contribution in [0.4, 0.5) is 34.8 Å². The molecule has 0 radical (unpaired) electrons. The molecule has 33 heavy (non-hydrogen) atoms. The molecule has 0 fully saturated rings. The van der Waals surface area contributed by atoms with Crippen LogP contribution in [0.5, 0.6) is 0 Å². The van der Waals surface area contributed by atoms with Crippen LogP contribution in [0.3, 0.4) is 0 Å². The van der Waals surface area contributed by atoms with Gasteiger partial charge in [-0.15, -0.1) is 0 Å². The normalized spacial score (nSPS) is 15.8. The van der Waals surface area contributed by atoms with Crippen LogP contribution in [0.1, 0.15) is 18.1 Å². The van der Waals surface area contributed by atoms with Gasteiger partial charge in [0, 0.05) is 23.4 Å². The molecule has 3 heterocycles. The number of hydrogen-bond acceptors (Lipinski definition) is 6. The zero-order valence-corrected chi connectivity index (χ0v) is 17.2. The maximum Gasteiger partial charge on any atom is 0.416 e. The summed E-state index contributed by atoms with van der Waals surface area (Å²) in [6.45, 7) is 1.36. The molecular formula is C23H16F4N4O2. The average Bonchev–Trinajstić information content (AvgIpc) is 3.35. The van der Waals surface area contributed by atoms with Crippen molar-refractivity contribution in [1.82, 2.24) is 9.97 Å². The average molecular weight is 456 g/mol. The van der Waals surface area contributed by atoms with Crippen LogP contribution in [0.15, 0.2) is 53.4 Å². The largest absolute Gasteiger partial charge is 0.445 e. The van der Waals surface area contributed by atoms with E-state index in [-0.39, 0.29) is 23.7 Å². The van der Waals surface area contributed by atoms with Gasteiger partial charge in [-0.3, -0.25) is 4.79 Å². The van der Waals surface area contributed by atoms with Crippen LogP contribution in [-0.4, -0.2) is 21.8 Å². The number of aromatic nitrogens is 2. The molecule has 1 aliphatic rings. The number of ketones is 1. The van der Waals surface area contributed by atoms with Gasteiger partial charge in [-0.05, 0) is 48.4 Å². The number of hydrogen-bond donors (Lipinski definition) is 1. The number of carbonyl (C=O) groups excluding carboxylic acids is 1. The topological polar surface area (TPSA) is 85.2 Å². The van der Waals surface area contributed by atoms with Gasteiger partial charge in [0.25, 0.3) is 0 Å². The van der Waals surface area contributed by atoms with Crippen molar-refractivity contribution in [2.75, 3.05) is 10.6 Å². The summed E-state index contributed by atoms with van der Waals surface area (Å²) in [5.74, 6) is -1.04. The van der Waals surface area contributed by atoms with Crippen LogP contribution in [0.2, 0.25) is 0 Å². The number of carbonyl (C=O) groups is 1. The van der Waals surface area contributed by atoms with E-state index in [1.54, 1.807) is 12.1 Å². The Kier molecular flexibility index (Phi) is 4.62. The van der Waals surface area contributed by atoms with E-state index in [0.29, 0.717) is 34.0 Å². The summed E-state index contributed by atoms with van der Waals surface area (Å²) in [6, 6.07) is 6.74. The number of benzene rings is 2. The van der Waals surface area contributed by atoms with E-state index in [4.69, 9.17) is 10.2 Å². The molecular weight excluding hydrogens is 440 g/mol. The highest BCUT2D eigenvalue weighted by atomic mass is 19.4. The molecule has 0 spiro atoms. The van der Waals surface area contributed by atoms with Gasteiger partial charge in [0.2, 0.25) is 5.71 Å². The molecule has 1 aliphatic heterocycles. The first-order valence-corrected chi connectivity index (χ1v) is 9.92. The molecule has 2 aromatic heterocycles. The van der Waals surface area contributed by atoms with Crippen molar-refractivity contribution in [3.05, 3.63) is 65.9 Å². The van der Waals surface area contributed by atoms with Gasteiger partial charge in [-0.25, -0.2) is 14.4 Å². The number of Topliss-reactive ketones (excluding diaryl/α,β-unsaturated/α-hetero) is 1. The standard InChI is InChI=1S/C23H16F4N4O2/c1-11(32)19-5-13-4-12(17-9-33-22-20(17)21(28)29-10-30-22)2-3-18(13)31(19)16-7-14(23(25,26)27)6-15(24)8-16/h2-4,6-10,19H,5H2,1H3,(H2,28,29,30). The summed E-state index contributed by atoms with van der Waals surface area (Å²) in [5, 5.41) is 0.537. The van der Waals surface area contributed by atoms with Gasteiger partial charge in [-0.1, -0.05) is 6.07 Å². The van der Waals surface area contributed by atoms with Gasteiger partial charge in [0.1, 0.15) is 24.2 Å². The van der Waals surface area contributed by atoms with E-state index in [1.165, 1.54) is 24.4 Å². The monoisotopic (exact) mass is 456 g/mol. The minimum atomic E-state index is -4.72. The van der Waals surface area contributed by atoms with Crippen LogP contribution < -0.4 is 10.6 Å². The van der Waals surface area contributed by atoms with Crippen LogP contribution in [0, 0.1) is 5.82 Å². The fourth-order valence-electron chi connectivity index (χ4n) is 4.25. The van der Waals surface area contributed by atoms with E-state index in [9.17, 15) is 22.4 Å². The molecule has 10 heteroatoms. The lowest BCUT2D eigenvalue weighted by Crippen LogP contribution is -2.34. The highest BCUT2D eigenvalue weighted by Gasteiger charge is 2.37. The lowest BCUT2D eigenvalue weighted by atomic mass is 10.0. The molecule has 1 atom stereocenters. The molecule has 1 unspecified atom stereocenters. The molecule has 0 bridgehead atoms. The van der Waals surface area contributed by atoms with Crippen molar-refractivity contribution in [3.8, 4) is 11.1 Å². The summed E-state index contributed by atoms with van der Waals surface area (Å²) in [5.41, 5.74) is 7.75. The number of nitrogens with zero attached hydrogens (tertiary/aromatic N) is 3. The Hall–Kier alpha value is -3.95. The first-order chi connectivity index (χ1) is 15.6. The summed E-state index contributed by atoms with van der Waals surface area (Å²) in [6.07, 6.45) is -1.69. The van der Waals surface area contributed by atoms with Crippen molar-refractivity contribution in [1.29, 1.82) is 0 Å². The van der Waals surface area contributed by atoms with E-state index < -0.39 is 23.6 Å². The number of alkyl halides is 3. The van der Waals surface area contributed by atoms with Gasteiger partial charge in [-0.2, -0.15) is 13.2 Å². The maximum atomic E-state index is 14.1. The second-order valence-corrected chi connectivity index (χ2v) is 7.83. The second-order valence-electron chi connectivity index (χ2n) is 7.83. The third-order valence-electron chi connectivity index (χ3n) is 5.73. The Balaban J connectivity index is 1.64. The van der Waals surface area contributed by atoms with E-state index >= 15 is 0 Å². The Morgan fingerprint density at radius 3 is 2.70 bits per heavy atom. The third kappa shape index (κ3) is 3.47. The number of furan rings is 1. The minimum Gasteiger partial charge on any atom is -0.445 e. The van der Waals surface area contributed by atoms with Gasteiger partial charge in [0.05, 0.1) is 17.0 Å². The van der Waals surface area contributed by atoms with Crippen LogP contribution in [-0.2, 0) is 17.4 Å². The number of rotatable bonds is 3. The number of halogens is 4. The highest BCUT2D eigenvalue weighted by Crippen LogP contribution is 2.43. The van der Waals surface area contributed by atoms with Gasteiger partial charge >= 0.3 is 6.18 Å². The molecule has 2 aromatic carbocycles. The van der Waals surface area contributed by atoms with Crippen molar-refractivity contribution >= 4 is 34.1 Å². The second kappa shape index (κ2) is 7.29. The first-order valence-electron chi connectivity index (χ1n) is 9.92. The maximum absolute atomic E-state index is 14.1. The third-order valence-corrected chi connectivity index (χ3v) is 5.73. The summed E-state index contributed by atoms with van der Waals surface area (Å²) >= 11 is 0. The van der Waals surface area contributed by atoms with Crippen LogP contribution >= 0.6 is 0 Å². The molecule has 0 amide bonds. The Labute approximate surface area is 184 Å². The molecule has 0 saturated carbocycles. The fraction of sp³-hybridized carbons (Fsp3) is 0.174. The zero-order valence-electron chi connectivity index (χ0n) is 17.2. The predicted molar refractivity (Wildman–Crippen MR) is 113 cm³/mol. The fourth-order valence-corrected chi connectivity index (χ4v) is 4.25. The number of fused-ring (bicyclic) bond motifs is 2. The number of nitrogen functional groups attached to an aromatic ring is 1. The lowest BCUT2D eigenvalue weighted by Gasteiger charge is -2.27. The van der Waals surface area contributed by atoms with E-state index in [2.05, 4.69) is 9.97 Å². The van der Waals surface area contributed by atoms with Gasteiger partial charge in [0.15, 0.2) is 5.78 Å². The summed E-state index contributed by atoms with van der Waals surface area (Å²) in [7, 11) is 0.